The van der Waals surface area contributed by atoms with Crippen molar-refractivity contribution in [1.82, 2.24) is 4.98 Å². The van der Waals surface area contributed by atoms with Crippen LogP contribution in [-0.2, 0) is 12.0 Å². The molecule has 3 rings (SSSR count). The van der Waals surface area contributed by atoms with Gasteiger partial charge in [0.15, 0.2) is 0 Å². The van der Waals surface area contributed by atoms with E-state index in [4.69, 9.17) is 0 Å². The predicted octanol–water partition coefficient (Wildman–Crippen LogP) is 3.56. The monoisotopic (exact) mass is 275 g/mol. The number of rotatable bonds is 4. The summed E-state index contributed by atoms with van der Waals surface area (Å²) in [6, 6.07) is 23.6. The van der Waals surface area contributed by atoms with Gasteiger partial charge in [-0.1, -0.05) is 60.7 Å². The van der Waals surface area contributed by atoms with Gasteiger partial charge in [-0.3, -0.25) is 4.98 Å². The minimum Gasteiger partial charge on any atom is -0.380 e. The molecule has 3 aromatic rings. The topological polar surface area (TPSA) is 33.1 Å². The van der Waals surface area contributed by atoms with Gasteiger partial charge in [0.1, 0.15) is 5.60 Å². The summed E-state index contributed by atoms with van der Waals surface area (Å²) < 4.78 is 0. The van der Waals surface area contributed by atoms with E-state index in [9.17, 15) is 5.11 Å². The molecule has 0 aliphatic rings. The Balaban J connectivity index is 2.07. The molecule has 21 heavy (non-hydrogen) atoms. The maximum absolute atomic E-state index is 11.4. The average Bonchev–Trinajstić information content (AvgIpc) is 2.57. The first-order valence-electron chi connectivity index (χ1n) is 7.01. The summed E-state index contributed by atoms with van der Waals surface area (Å²) in [7, 11) is 0. The van der Waals surface area contributed by atoms with Crippen LogP contribution < -0.4 is 0 Å². The second-order valence-electron chi connectivity index (χ2n) is 5.12. The molecule has 0 aliphatic heterocycles. The Morgan fingerprint density at radius 2 is 1.24 bits per heavy atom. The number of pyridine rings is 1. The first-order chi connectivity index (χ1) is 10.3. The van der Waals surface area contributed by atoms with Gasteiger partial charge in [-0.15, -0.1) is 0 Å². The first kappa shape index (κ1) is 13.5. The van der Waals surface area contributed by atoms with Crippen LogP contribution >= 0.6 is 0 Å². The lowest BCUT2D eigenvalue weighted by molar-refractivity contribution is 0.0810. The number of nitrogens with zero attached hydrogens (tertiary/aromatic N) is 1. The molecule has 0 spiro atoms. The molecular weight excluding hydrogens is 258 g/mol. The fourth-order valence-electron chi connectivity index (χ4n) is 2.60. The van der Waals surface area contributed by atoms with E-state index in [1.807, 2.05) is 72.8 Å². The molecule has 2 aromatic carbocycles. The first-order valence-corrected chi connectivity index (χ1v) is 7.01. The highest BCUT2D eigenvalue weighted by Gasteiger charge is 2.31. The van der Waals surface area contributed by atoms with Crippen LogP contribution in [0.2, 0.25) is 0 Å². The predicted molar refractivity (Wildman–Crippen MR) is 83.8 cm³/mol. The third kappa shape index (κ3) is 2.86. The Labute approximate surface area is 124 Å². The lowest BCUT2D eigenvalue weighted by Crippen LogP contribution is -2.30. The smallest absolute Gasteiger partial charge is 0.119 e. The maximum atomic E-state index is 11.4. The third-order valence-electron chi connectivity index (χ3n) is 3.71. The molecule has 1 aromatic heterocycles. The van der Waals surface area contributed by atoms with E-state index in [2.05, 4.69) is 4.98 Å². The summed E-state index contributed by atoms with van der Waals surface area (Å²) in [6.07, 6.45) is 3.96. The molecule has 0 fully saturated rings. The number of aromatic nitrogens is 1. The zero-order valence-corrected chi connectivity index (χ0v) is 11.7. The highest BCUT2D eigenvalue weighted by atomic mass is 16.3. The van der Waals surface area contributed by atoms with Gasteiger partial charge in [0.2, 0.25) is 0 Å². The Bertz CT molecular complexity index is 641. The average molecular weight is 275 g/mol. The fraction of sp³-hybridized carbons (Fsp3) is 0.105. The molecule has 0 aliphatic carbocycles. The van der Waals surface area contributed by atoms with Gasteiger partial charge in [-0.25, -0.2) is 0 Å². The van der Waals surface area contributed by atoms with Crippen LogP contribution in [0.25, 0.3) is 0 Å². The van der Waals surface area contributed by atoms with E-state index in [1.54, 1.807) is 12.4 Å². The zero-order valence-electron chi connectivity index (χ0n) is 11.7. The summed E-state index contributed by atoms with van der Waals surface area (Å²) in [6.45, 7) is 0. The van der Waals surface area contributed by atoms with Crippen LogP contribution in [0.15, 0.2) is 85.2 Å². The van der Waals surface area contributed by atoms with Crippen molar-refractivity contribution in [2.75, 3.05) is 0 Å². The van der Waals surface area contributed by atoms with Crippen LogP contribution in [0.1, 0.15) is 16.7 Å². The SMILES string of the molecule is OC(Cc1ccccc1)(c1ccccc1)c1ccncc1. The Hall–Kier alpha value is -2.45. The largest absolute Gasteiger partial charge is 0.380 e. The molecule has 0 amide bonds. The van der Waals surface area contributed by atoms with Gasteiger partial charge < -0.3 is 5.11 Å². The summed E-state index contributed by atoms with van der Waals surface area (Å²) in [4.78, 5) is 4.05. The number of benzene rings is 2. The van der Waals surface area contributed by atoms with Crippen LogP contribution in [0.4, 0.5) is 0 Å². The highest BCUT2D eigenvalue weighted by Crippen LogP contribution is 2.32. The summed E-state index contributed by atoms with van der Waals surface area (Å²) in [5.74, 6) is 0. The minimum atomic E-state index is -1.05. The lowest BCUT2D eigenvalue weighted by atomic mass is 9.82. The second-order valence-corrected chi connectivity index (χ2v) is 5.12. The zero-order chi connectivity index (χ0) is 14.5. The Kier molecular flexibility index (Phi) is 3.80. The summed E-state index contributed by atoms with van der Waals surface area (Å²) in [5, 5.41) is 11.4. The van der Waals surface area contributed by atoms with Gasteiger partial charge in [-0.05, 0) is 28.8 Å². The molecule has 0 saturated carbocycles. The molecule has 2 nitrogen and oxygen atoms in total. The molecule has 0 bridgehead atoms. The van der Waals surface area contributed by atoms with Crippen molar-refractivity contribution >= 4 is 0 Å². The molecule has 1 unspecified atom stereocenters. The number of aliphatic hydroxyl groups is 1. The molecule has 1 atom stereocenters. The van der Waals surface area contributed by atoms with Crippen molar-refractivity contribution in [3.8, 4) is 0 Å². The van der Waals surface area contributed by atoms with E-state index >= 15 is 0 Å². The van der Waals surface area contributed by atoms with Crippen LogP contribution in [0, 0.1) is 0 Å². The molecule has 2 heteroatoms. The Morgan fingerprint density at radius 3 is 1.86 bits per heavy atom. The van der Waals surface area contributed by atoms with E-state index in [0.717, 1.165) is 16.7 Å². The lowest BCUT2D eigenvalue weighted by Gasteiger charge is -2.29. The molecule has 0 saturated heterocycles. The van der Waals surface area contributed by atoms with E-state index in [1.165, 1.54) is 0 Å². The summed E-state index contributed by atoms with van der Waals surface area (Å²) >= 11 is 0. The van der Waals surface area contributed by atoms with Crippen molar-refractivity contribution in [2.24, 2.45) is 0 Å². The maximum Gasteiger partial charge on any atom is 0.119 e. The summed E-state index contributed by atoms with van der Waals surface area (Å²) in [5.41, 5.74) is 1.79. The fourth-order valence-corrected chi connectivity index (χ4v) is 2.60. The van der Waals surface area contributed by atoms with Crippen LogP contribution in [0.3, 0.4) is 0 Å². The highest BCUT2D eigenvalue weighted by molar-refractivity contribution is 5.37. The normalized spacial score (nSPS) is 13.6. The van der Waals surface area contributed by atoms with Gasteiger partial charge in [0, 0.05) is 18.8 Å². The van der Waals surface area contributed by atoms with Crippen molar-refractivity contribution in [3.05, 3.63) is 102 Å². The van der Waals surface area contributed by atoms with E-state index in [0.29, 0.717) is 6.42 Å². The minimum absolute atomic E-state index is 0.530. The van der Waals surface area contributed by atoms with Crippen molar-refractivity contribution in [2.45, 2.75) is 12.0 Å². The Morgan fingerprint density at radius 1 is 0.714 bits per heavy atom. The van der Waals surface area contributed by atoms with Crippen molar-refractivity contribution < 1.29 is 5.11 Å². The van der Waals surface area contributed by atoms with Gasteiger partial charge >= 0.3 is 0 Å². The molecule has 1 heterocycles. The van der Waals surface area contributed by atoms with Crippen LogP contribution in [0.5, 0.6) is 0 Å². The molecular formula is C19H17NO. The number of hydrogen-bond donors (Lipinski definition) is 1. The molecule has 1 N–H and O–H groups in total. The van der Waals surface area contributed by atoms with Gasteiger partial charge in [0.25, 0.3) is 0 Å². The number of hydrogen-bond acceptors (Lipinski definition) is 2. The second kappa shape index (κ2) is 5.90. The quantitative estimate of drug-likeness (QED) is 0.789. The third-order valence-corrected chi connectivity index (χ3v) is 3.71. The van der Waals surface area contributed by atoms with Gasteiger partial charge in [0.05, 0.1) is 0 Å². The van der Waals surface area contributed by atoms with Crippen molar-refractivity contribution in [1.29, 1.82) is 0 Å². The molecule has 104 valence electrons. The standard InChI is InChI=1S/C19H17NO/c21-19(17-9-5-2-6-10-17,18-11-13-20-14-12-18)15-16-7-3-1-4-8-16/h1-14,21H,15H2. The van der Waals surface area contributed by atoms with E-state index in [-0.39, 0.29) is 0 Å². The van der Waals surface area contributed by atoms with E-state index < -0.39 is 5.60 Å². The van der Waals surface area contributed by atoms with Crippen molar-refractivity contribution in [3.63, 3.8) is 0 Å². The molecule has 0 radical (unpaired) electrons. The van der Waals surface area contributed by atoms with Crippen LogP contribution in [-0.4, -0.2) is 10.1 Å². The van der Waals surface area contributed by atoms with Gasteiger partial charge in [-0.2, -0.15) is 0 Å².